The number of anilines is 1. The Bertz CT molecular complexity index is 1620. The van der Waals surface area contributed by atoms with Gasteiger partial charge in [0.05, 0.1) is 28.3 Å². The second kappa shape index (κ2) is 11.6. The first-order chi connectivity index (χ1) is 19.6. The van der Waals surface area contributed by atoms with Crippen LogP contribution in [0.2, 0.25) is 5.02 Å². The van der Waals surface area contributed by atoms with Crippen molar-refractivity contribution in [3.8, 4) is 0 Å². The number of nitrogens with zero attached hydrogens (tertiary/aromatic N) is 2. The van der Waals surface area contributed by atoms with Crippen LogP contribution in [0.4, 0.5) is 14.5 Å². The summed E-state index contributed by atoms with van der Waals surface area (Å²) in [5.74, 6) is -2.52. The Labute approximate surface area is 241 Å². The Hall–Kier alpha value is -3.86. The molecular weight excluding hydrogens is 574 g/mol. The van der Waals surface area contributed by atoms with Gasteiger partial charge in [-0.15, -0.1) is 0 Å². The zero-order valence-electron chi connectivity index (χ0n) is 21.7. The standard InChI is InChI=1S/C30H25ClF2N2O5S/c31-21-9-12-23(13-10-21)41(38,39)35(27-19-22(32)11-14-26(27)33)20-30(15-4-1-5-16-30)40-18-6-17-34-28(36)24-7-2-3-8-25(24)29(34)37/h1-5,7-15,19H,6,16-18,20H2. The maximum atomic E-state index is 15.0. The number of benzene rings is 3. The molecule has 7 nitrogen and oxygen atoms in total. The molecule has 212 valence electrons. The smallest absolute Gasteiger partial charge is 0.264 e. The first-order valence-electron chi connectivity index (χ1n) is 12.8. The summed E-state index contributed by atoms with van der Waals surface area (Å²) in [6, 6.07) is 14.5. The molecular formula is C30H25ClF2N2O5S. The average molecular weight is 599 g/mol. The minimum Gasteiger partial charge on any atom is -0.369 e. The van der Waals surface area contributed by atoms with Crippen molar-refractivity contribution in [1.82, 2.24) is 4.90 Å². The lowest BCUT2D eigenvalue weighted by atomic mass is 9.94. The zero-order valence-corrected chi connectivity index (χ0v) is 23.2. The molecule has 0 bridgehead atoms. The number of carbonyl (C=O) groups excluding carboxylic acids is 2. The fourth-order valence-electron chi connectivity index (χ4n) is 4.81. The van der Waals surface area contributed by atoms with Crippen molar-refractivity contribution in [3.63, 3.8) is 0 Å². The fourth-order valence-corrected chi connectivity index (χ4v) is 6.46. The van der Waals surface area contributed by atoms with Gasteiger partial charge in [0.25, 0.3) is 21.8 Å². The summed E-state index contributed by atoms with van der Waals surface area (Å²) in [7, 11) is -4.40. The Morgan fingerprint density at radius 1 is 0.951 bits per heavy atom. The molecule has 1 atom stereocenters. The number of allylic oxidation sites excluding steroid dienone is 2. The van der Waals surface area contributed by atoms with Gasteiger partial charge in [-0.2, -0.15) is 0 Å². The van der Waals surface area contributed by atoms with Crippen molar-refractivity contribution in [1.29, 1.82) is 0 Å². The maximum Gasteiger partial charge on any atom is 0.264 e. The molecule has 3 aromatic carbocycles. The van der Waals surface area contributed by atoms with Crippen molar-refractivity contribution >= 4 is 39.1 Å². The third-order valence-corrected chi connectivity index (χ3v) is 8.92. The molecule has 0 radical (unpaired) electrons. The Morgan fingerprint density at radius 3 is 2.27 bits per heavy atom. The van der Waals surface area contributed by atoms with E-state index in [1.807, 2.05) is 0 Å². The van der Waals surface area contributed by atoms with E-state index in [1.54, 1.807) is 48.6 Å². The van der Waals surface area contributed by atoms with Crippen LogP contribution in [-0.2, 0) is 14.8 Å². The van der Waals surface area contributed by atoms with Gasteiger partial charge in [-0.3, -0.25) is 18.8 Å². The van der Waals surface area contributed by atoms with E-state index < -0.39 is 32.9 Å². The highest BCUT2D eigenvalue weighted by atomic mass is 35.5. The van der Waals surface area contributed by atoms with Crippen molar-refractivity contribution < 1.29 is 31.5 Å². The number of imide groups is 1. The van der Waals surface area contributed by atoms with Crippen molar-refractivity contribution in [2.24, 2.45) is 0 Å². The molecule has 11 heteroatoms. The van der Waals surface area contributed by atoms with Crippen molar-refractivity contribution in [3.05, 3.63) is 119 Å². The maximum absolute atomic E-state index is 15.0. The van der Waals surface area contributed by atoms with Crippen LogP contribution in [0.5, 0.6) is 0 Å². The summed E-state index contributed by atoms with van der Waals surface area (Å²) < 4.78 is 64.0. The molecule has 5 rings (SSSR count). The molecule has 0 N–H and O–H groups in total. The van der Waals surface area contributed by atoms with Crippen LogP contribution in [0.15, 0.2) is 95.9 Å². The second-order valence-electron chi connectivity index (χ2n) is 9.63. The molecule has 1 aliphatic carbocycles. The molecule has 0 saturated heterocycles. The van der Waals surface area contributed by atoms with Gasteiger partial charge in [0.2, 0.25) is 0 Å². The zero-order chi connectivity index (χ0) is 29.2. The Kier molecular flexibility index (Phi) is 8.08. The van der Waals surface area contributed by atoms with Gasteiger partial charge in [-0.1, -0.05) is 48.0 Å². The predicted molar refractivity (Wildman–Crippen MR) is 150 cm³/mol. The van der Waals surface area contributed by atoms with Gasteiger partial charge >= 0.3 is 0 Å². The molecule has 1 heterocycles. The minimum atomic E-state index is -4.40. The summed E-state index contributed by atoms with van der Waals surface area (Å²) in [5, 5.41) is 0.311. The molecule has 0 spiro atoms. The Morgan fingerprint density at radius 2 is 1.63 bits per heavy atom. The second-order valence-corrected chi connectivity index (χ2v) is 11.9. The molecule has 1 aliphatic heterocycles. The highest BCUT2D eigenvalue weighted by Gasteiger charge is 2.38. The topological polar surface area (TPSA) is 84.0 Å². The normalized spacial score (nSPS) is 18.2. The van der Waals surface area contributed by atoms with Gasteiger partial charge in [-0.05, 0) is 55.0 Å². The van der Waals surface area contributed by atoms with Gasteiger partial charge < -0.3 is 4.74 Å². The molecule has 1 unspecified atom stereocenters. The minimum absolute atomic E-state index is 0.0477. The number of ether oxygens (including phenoxy) is 1. The summed E-state index contributed by atoms with van der Waals surface area (Å²) in [4.78, 5) is 26.4. The van der Waals surface area contributed by atoms with Gasteiger partial charge in [-0.25, -0.2) is 17.2 Å². The summed E-state index contributed by atoms with van der Waals surface area (Å²) >= 11 is 5.94. The van der Waals surface area contributed by atoms with Crippen LogP contribution in [0.25, 0.3) is 0 Å². The van der Waals surface area contributed by atoms with Gasteiger partial charge in [0.15, 0.2) is 0 Å². The van der Waals surface area contributed by atoms with Gasteiger partial charge in [0.1, 0.15) is 17.2 Å². The molecule has 2 aliphatic rings. The molecule has 2 amide bonds. The molecule has 0 fully saturated rings. The largest absolute Gasteiger partial charge is 0.369 e. The monoisotopic (exact) mass is 598 g/mol. The highest BCUT2D eigenvalue weighted by Crippen LogP contribution is 2.33. The predicted octanol–water partition coefficient (Wildman–Crippen LogP) is 5.77. The van der Waals surface area contributed by atoms with E-state index >= 15 is 4.39 Å². The van der Waals surface area contributed by atoms with Crippen LogP contribution in [-0.4, -0.2) is 50.4 Å². The number of amides is 2. The fraction of sp³-hybridized carbons (Fsp3) is 0.200. The van der Waals surface area contributed by atoms with E-state index in [0.717, 1.165) is 27.4 Å². The summed E-state index contributed by atoms with van der Waals surface area (Å²) in [5.41, 5.74) is -1.04. The number of hydrogen-bond donors (Lipinski definition) is 0. The van der Waals surface area contributed by atoms with E-state index in [2.05, 4.69) is 0 Å². The SMILES string of the molecule is O=C1c2ccccc2C(=O)N1CCCOC1(CN(c2cc(F)ccc2F)S(=O)(=O)c2ccc(Cl)cc2)C=CC=CC1. The Balaban J connectivity index is 1.39. The summed E-state index contributed by atoms with van der Waals surface area (Å²) in [6.07, 6.45) is 7.39. The van der Waals surface area contributed by atoms with Crippen molar-refractivity contribution in [2.75, 3.05) is 24.0 Å². The quantitative estimate of drug-likeness (QED) is 0.218. The van der Waals surface area contributed by atoms with Gasteiger partial charge in [0, 0.05) is 30.7 Å². The summed E-state index contributed by atoms with van der Waals surface area (Å²) in [6.45, 7) is -0.245. The lowest BCUT2D eigenvalue weighted by Crippen LogP contribution is -2.47. The van der Waals surface area contributed by atoms with Crippen LogP contribution in [0, 0.1) is 11.6 Å². The number of fused-ring (bicyclic) bond motifs is 1. The third kappa shape index (κ3) is 5.81. The van der Waals surface area contributed by atoms with Crippen molar-refractivity contribution in [2.45, 2.75) is 23.3 Å². The number of rotatable bonds is 10. The highest BCUT2D eigenvalue weighted by molar-refractivity contribution is 7.92. The van der Waals surface area contributed by atoms with E-state index in [0.29, 0.717) is 16.1 Å². The number of sulfonamides is 1. The van der Waals surface area contributed by atoms with Crippen LogP contribution < -0.4 is 4.31 Å². The molecule has 3 aromatic rings. The number of halogens is 3. The number of carbonyl (C=O) groups is 2. The van der Waals surface area contributed by atoms with Crippen LogP contribution >= 0.6 is 11.6 Å². The lowest BCUT2D eigenvalue weighted by Gasteiger charge is -2.37. The van der Waals surface area contributed by atoms with E-state index in [1.165, 1.54) is 24.3 Å². The first-order valence-corrected chi connectivity index (χ1v) is 14.6. The number of hydrogen-bond acceptors (Lipinski definition) is 5. The van der Waals surface area contributed by atoms with E-state index in [-0.39, 0.29) is 49.2 Å². The van der Waals surface area contributed by atoms with Crippen LogP contribution in [0.1, 0.15) is 33.6 Å². The molecule has 0 aromatic heterocycles. The van der Waals surface area contributed by atoms with Crippen LogP contribution in [0.3, 0.4) is 0 Å². The lowest BCUT2D eigenvalue weighted by molar-refractivity contribution is -0.00288. The van der Waals surface area contributed by atoms with E-state index in [4.69, 9.17) is 16.3 Å². The molecule has 0 saturated carbocycles. The first kappa shape index (κ1) is 28.7. The van der Waals surface area contributed by atoms with E-state index in [9.17, 15) is 22.4 Å². The third-order valence-electron chi connectivity index (χ3n) is 6.89. The average Bonchev–Trinajstić information content (AvgIpc) is 3.21. The molecule has 41 heavy (non-hydrogen) atoms.